The van der Waals surface area contributed by atoms with E-state index in [0.717, 1.165) is 23.3 Å². The van der Waals surface area contributed by atoms with Crippen molar-refractivity contribution in [2.45, 2.75) is 18.8 Å². The molecule has 0 saturated carbocycles. The molecule has 1 atom stereocenters. The number of nitrogens with one attached hydrogen (secondary N) is 1. The number of sulfonamides is 1. The van der Waals surface area contributed by atoms with Crippen molar-refractivity contribution < 1.29 is 40.7 Å². The number of nitrogens with zero attached hydrogens (tertiary/aromatic N) is 3. The van der Waals surface area contributed by atoms with Gasteiger partial charge in [0.2, 0.25) is 15.9 Å². The van der Waals surface area contributed by atoms with Crippen LogP contribution in [-0.4, -0.2) is 85.7 Å². The summed E-state index contributed by atoms with van der Waals surface area (Å²) in [6.45, 7) is 1.28. The van der Waals surface area contributed by atoms with Crippen LogP contribution in [0.1, 0.15) is 12.5 Å². The average molecular weight is 478 g/mol. The van der Waals surface area contributed by atoms with Gasteiger partial charge in [0.1, 0.15) is 17.8 Å². The number of amides is 4. The number of benzene rings is 1. The van der Waals surface area contributed by atoms with E-state index in [-0.39, 0.29) is 31.7 Å². The maximum absolute atomic E-state index is 12.9. The van der Waals surface area contributed by atoms with Crippen LogP contribution in [0.3, 0.4) is 0 Å². The number of hydrogen-bond donors (Lipinski definition) is 1. The van der Waals surface area contributed by atoms with Gasteiger partial charge in [0.25, 0.3) is 5.91 Å². The molecule has 2 aliphatic heterocycles. The normalized spacial score (nSPS) is 22.8. The van der Waals surface area contributed by atoms with E-state index >= 15 is 0 Å². The SMILES string of the molecule is CC1(c2ccc(OC(F)(F)F)cc2)NC(=O)N(CC(=O)N2CCN(S(C)(=O)=O)CC2)C1=O. The Morgan fingerprint density at radius 1 is 1.12 bits per heavy atom. The van der Waals surface area contributed by atoms with E-state index in [9.17, 15) is 36.0 Å². The maximum Gasteiger partial charge on any atom is 0.573 e. The van der Waals surface area contributed by atoms with Gasteiger partial charge in [-0.15, -0.1) is 13.2 Å². The van der Waals surface area contributed by atoms with Gasteiger partial charge in [0.15, 0.2) is 0 Å². The number of ether oxygens (including phenoxy) is 1. The number of carbonyl (C=O) groups is 3. The van der Waals surface area contributed by atoms with Gasteiger partial charge in [-0.2, -0.15) is 4.31 Å². The summed E-state index contributed by atoms with van der Waals surface area (Å²) in [6.07, 6.45) is -3.80. The van der Waals surface area contributed by atoms with Gasteiger partial charge in [0, 0.05) is 26.2 Å². The monoisotopic (exact) mass is 478 g/mol. The zero-order valence-corrected chi connectivity index (χ0v) is 18.0. The highest BCUT2D eigenvalue weighted by molar-refractivity contribution is 7.88. The summed E-state index contributed by atoms with van der Waals surface area (Å²) in [7, 11) is -3.38. The molecule has 14 heteroatoms. The molecule has 0 radical (unpaired) electrons. The molecule has 2 aliphatic rings. The molecule has 2 saturated heterocycles. The Morgan fingerprint density at radius 2 is 1.69 bits per heavy atom. The first-order valence-corrected chi connectivity index (χ1v) is 11.3. The molecule has 1 N–H and O–H groups in total. The summed E-state index contributed by atoms with van der Waals surface area (Å²) >= 11 is 0. The minimum absolute atomic E-state index is 0.106. The first-order valence-electron chi connectivity index (χ1n) is 9.44. The van der Waals surface area contributed by atoms with Crippen molar-refractivity contribution in [2.75, 3.05) is 39.0 Å². The maximum atomic E-state index is 12.9. The van der Waals surface area contributed by atoms with E-state index in [1.54, 1.807) is 0 Å². The van der Waals surface area contributed by atoms with E-state index in [2.05, 4.69) is 10.1 Å². The molecule has 0 spiro atoms. The Morgan fingerprint density at radius 3 is 2.19 bits per heavy atom. The predicted octanol–water partition coefficient (Wildman–Crippen LogP) is 0.456. The van der Waals surface area contributed by atoms with Crippen molar-refractivity contribution in [3.63, 3.8) is 0 Å². The van der Waals surface area contributed by atoms with Crippen LogP contribution in [0.4, 0.5) is 18.0 Å². The van der Waals surface area contributed by atoms with Crippen LogP contribution in [0.2, 0.25) is 0 Å². The minimum atomic E-state index is -4.87. The lowest BCUT2D eigenvalue weighted by molar-refractivity contribution is -0.274. The molecule has 0 bridgehead atoms. The standard InChI is InChI=1S/C18H21F3N4O6S/c1-17(12-3-5-13(6-4-12)31-18(19,20)21)15(27)25(16(28)22-17)11-14(26)23-7-9-24(10-8-23)32(2,29)30/h3-6H,7-11H2,1-2H3,(H,22,28). The van der Waals surface area contributed by atoms with Crippen molar-refractivity contribution >= 4 is 27.9 Å². The Labute approximate surface area is 181 Å². The summed E-state index contributed by atoms with van der Waals surface area (Å²) in [5, 5.41) is 2.47. The first kappa shape index (κ1) is 23.8. The van der Waals surface area contributed by atoms with Crippen molar-refractivity contribution in [2.24, 2.45) is 0 Å². The fourth-order valence-corrected chi connectivity index (χ4v) is 4.36. The number of urea groups is 1. The lowest BCUT2D eigenvalue weighted by atomic mass is 9.92. The minimum Gasteiger partial charge on any atom is -0.406 e. The second-order valence-electron chi connectivity index (χ2n) is 7.56. The molecule has 10 nitrogen and oxygen atoms in total. The summed E-state index contributed by atoms with van der Waals surface area (Å²) in [5.41, 5.74) is -1.37. The summed E-state index contributed by atoms with van der Waals surface area (Å²) in [5.74, 6) is -1.75. The van der Waals surface area contributed by atoms with Crippen LogP contribution in [0, 0.1) is 0 Å². The summed E-state index contributed by atoms with van der Waals surface area (Å²) in [4.78, 5) is 40.0. The van der Waals surface area contributed by atoms with E-state index in [1.165, 1.54) is 28.3 Å². The highest BCUT2D eigenvalue weighted by atomic mass is 32.2. The molecule has 2 heterocycles. The molecular weight excluding hydrogens is 457 g/mol. The van der Waals surface area contributed by atoms with Gasteiger partial charge >= 0.3 is 12.4 Å². The number of piperazine rings is 1. The number of imide groups is 1. The highest BCUT2D eigenvalue weighted by Crippen LogP contribution is 2.31. The quantitative estimate of drug-likeness (QED) is 0.615. The molecule has 1 aromatic rings. The largest absolute Gasteiger partial charge is 0.573 e. The van der Waals surface area contributed by atoms with Gasteiger partial charge < -0.3 is 15.0 Å². The fourth-order valence-electron chi connectivity index (χ4n) is 3.53. The first-order chi connectivity index (χ1) is 14.7. The van der Waals surface area contributed by atoms with Crippen molar-refractivity contribution in [1.29, 1.82) is 0 Å². The lowest BCUT2D eigenvalue weighted by Gasteiger charge is -2.33. The molecule has 176 valence electrons. The van der Waals surface area contributed by atoms with E-state index in [0.29, 0.717) is 0 Å². The Kier molecular flexibility index (Phi) is 6.12. The molecule has 4 amide bonds. The molecule has 1 aromatic carbocycles. The van der Waals surface area contributed by atoms with Crippen LogP contribution in [0.15, 0.2) is 24.3 Å². The summed E-state index contributed by atoms with van der Waals surface area (Å²) < 4.78 is 65.2. The van der Waals surface area contributed by atoms with Crippen LogP contribution in [0.25, 0.3) is 0 Å². The van der Waals surface area contributed by atoms with Crippen molar-refractivity contribution in [3.8, 4) is 5.75 Å². The molecule has 2 fully saturated rings. The number of carbonyl (C=O) groups excluding carboxylic acids is 3. The van der Waals surface area contributed by atoms with Crippen molar-refractivity contribution in [3.05, 3.63) is 29.8 Å². The van der Waals surface area contributed by atoms with Gasteiger partial charge in [-0.25, -0.2) is 13.2 Å². The lowest BCUT2D eigenvalue weighted by Crippen LogP contribution is -2.53. The Bertz CT molecular complexity index is 1020. The number of hydrogen-bond acceptors (Lipinski definition) is 6. The second kappa shape index (κ2) is 8.24. The molecule has 0 aliphatic carbocycles. The molecule has 0 aromatic heterocycles. The fraction of sp³-hybridized carbons (Fsp3) is 0.500. The third kappa shape index (κ3) is 4.96. The number of rotatable bonds is 5. The van der Waals surface area contributed by atoms with Gasteiger partial charge in [-0.05, 0) is 24.6 Å². The van der Waals surface area contributed by atoms with Gasteiger partial charge in [-0.1, -0.05) is 12.1 Å². The second-order valence-corrected chi connectivity index (χ2v) is 9.54. The molecule has 32 heavy (non-hydrogen) atoms. The third-order valence-corrected chi connectivity index (χ3v) is 6.60. The van der Waals surface area contributed by atoms with E-state index < -0.39 is 52.1 Å². The number of alkyl halides is 3. The average Bonchev–Trinajstić information content (AvgIpc) is 2.90. The molecule has 1 unspecified atom stereocenters. The Hall–Kier alpha value is -2.87. The Balaban J connectivity index is 1.67. The van der Waals surface area contributed by atoms with Gasteiger partial charge in [0.05, 0.1) is 6.26 Å². The smallest absolute Gasteiger partial charge is 0.406 e. The zero-order valence-electron chi connectivity index (χ0n) is 17.2. The molecular formula is C18H21F3N4O6S. The number of halogens is 3. The summed E-state index contributed by atoms with van der Waals surface area (Å²) in [6, 6.07) is 3.64. The van der Waals surface area contributed by atoms with Crippen LogP contribution in [-0.2, 0) is 25.2 Å². The highest BCUT2D eigenvalue weighted by Gasteiger charge is 2.50. The van der Waals surface area contributed by atoms with E-state index in [1.807, 2.05) is 0 Å². The predicted molar refractivity (Wildman–Crippen MR) is 104 cm³/mol. The van der Waals surface area contributed by atoms with Crippen LogP contribution >= 0.6 is 0 Å². The van der Waals surface area contributed by atoms with E-state index in [4.69, 9.17) is 0 Å². The van der Waals surface area contributed by atoms with Crippen LogP contribution in [0.5, 0.6) is 5.75 Å². The third-order valence-electron chi connectivity index (χ3n) is 5.29. The van der Waals surface area contributed by atoms with Crippen LogP contribution < -0.4 is 10.1 Å². The zero-order chi connectivity index (χ0) is 23.9. The molecule has 3 rings (SSSR count). The van der Waals surface area contributed by atoms with Gasteiger partial charge in [-0.3, -0.25) is 14.5 Å². The topological polar surface area (TPSA) is 116 Å². The van der Waals surface area contributed by atoms with Crippen molar-refractivity contribution in [1.82, 2.24) is 19.4 Å².